The number of nitrogens with two attached hydrogens (primary N) is 4. The van der Waals surface area contributed by atoms with Gasteiger partial charge >= 0.3 is 0 Å². The standard InChI is InChI=1S/C21H25N9O/c1-12(27-29-20(22)23)13-5-8-16(9-6-13)26-19(31)15-7-10-17-14(11-15)3-2-4-18(17)28-30-21(24)25/h5-11H,2-4H2,1H3,(H,26,31)(H4,22,23,29)(H4,24,25,30)/b27-12-,28-18-. The van der Waals surface area contributed by atoms with Gasteiger partial charge < -0.3 is 28.3 Å². The van der Waals surface area contributed by atoms with Crippen LogP contribution < -0.4 is 28.3 Å². The number of carbonyl (C=O) groups excluding carboxylic acids is 1. The van der Waals surface area contributed by atoms with Crippen LogP contribution in [0.4, 0.5) is 5.69 Å². The number of aryl methyl sites for hydroxylation is 1. The number of amides is 1. The third-order valence-corrected chi connectivity index (χ3v) is 4.70. The molecular formula is C21H25N9O. The summed E-state index contributed by atoms with van der Waals surface area (Å²) in [6, 6.07) is 12.8. The number of benzene rings is 2. The lowest BCUT2D eigenvalue weighted by Gasteiger charge is -2.18. The molecule has 0 radical (unpaired) electrons. The third-order valence-electron chi connectivity index (χ3n) is 4.70. The Hall–Kier alpha value is -4.21. The van der Waals surface area contributed by atoms with E-state index in [-0.39, 0.29) is 17.8 Å². The van der Waals surface area contributed by atoms with Gasteiger partial charge in [0.1, 0.15) is 0 Å². The van der Waals surface area contributed by atoms with E-state index in [0.29, 0.717) is 17.0 Å². The molecule has 0 unspecified atom stereocenters. The Morgan fingerprint density at radius 1 is 0.871 bits per heavy atom. The van der Waals surface area contributed by atoms with Crippen LogP contribution >= 0.6 is 0 Å². The first-order valence-corrected chi connectivity index (χ1v) is 9.67. The van der Waals surface area contributed by atoms with Gasteiger partial charge in [-0.2, -0.15) is 10.2 Å². The van der Waals surface area contributed by atoms with Gasteiger partial charge in [-0.3, -0.25) is 4.79 Å². The maximum Gasteiger partial charge on any atom is 0.255 e. The van der Waals surface area contributed by atoms with Crippen molar-refractivity contribution in [3.05, 3.63) is 64.7 Å². The number of hydrogen-bond donors (Lipinski definition) is 5. The lowest BCUT2D eigenvalue weighted by atomic mass is 9.88. The van der Waals surface area contributed by atoms with Crippen LogP contribution in [0.5, 0.6) is 0 Å². The molecule has 160 valence electrons. The van der Waals surface area contributed by atoms with E-state index < -0.39 is 0 Å². The number of nitrogens with zero attached hydrogens (tertiary/aromatic N) is 4. The Labute approximate surface area is 179 Å². The number of nitrogens with one attached hydrogen (secondary N) is 1. The fourth-order valence-electron chi connectivity index (χ4n) is 3.21. The first-order valence-electron chi connectivity index (χ1n) is 9.67. The first kappa shape index (κ1) is 21.5. The molecule has 1 amide bonds. The Kier molecular flexibility index (Phi) is 6.61. The normalized spacial score (nSPS) is 14.5. The van der Waals surface area contributed by atoms with E-state index >= 15 is 0 Å². The quantitative estimate of drug-likeness (QED) is 0.277. The second-order valence-corrected chi connectivity index (χ2v) is 7.04. The van der Waals surface area contributed by atoms with E-state index in [1.54, 1.807) is 25.1 Å². The van der Waals surface area contributed by atoms with Gasteiger partial charge in [-0.05, 0) is 61.6 Å². The largest absolute Gasteiger partial charge is 0.369 e. The monoisotopic (exact) mass is 419 g/mol. The number of carbonyl (C=O) groups is 1. The van der Waals surface area contributed by atoms with Gasteiger partial charge in [0.15, 0.2) is 0 Å². The zero-order chi connectivity index (χ0) is 22.4. The van der Waals surface area contributed by atoms with Crippen molar-refractivity contribution in [2.24, 2.45) is 43.3 Å². The van der Waals surface area contributed by atoms with Crippen molar-refractivity contribution in [1.29, 1.82) is 0 Å². The number of rotatable bonds is 5. The Morgan fingerprint density at radius 3 is 2.23 bits per heavy atom. The summed E-state index contributed by atoms with van der Waals surface area (Å²) in [6.07, 6.45) is 2.56. The molecule has 0 atom stereocenters. The number of guanidine groups is 2. The van der Waals surface area contributed by atoms with Crippen LogP contribution in [0.15, 0.2) is 62.9 Å². The minimum Gasteiger partial charge on any atom is -0.369 e. The van der Waals surface area contributed by atoms with Crippen LogP contribution in [0, 0.1) is 0 Å². The molecule has 0 saturated heterocycles. The van der Waals surface area contributed by atoms with Gasteiger partial charge in [0.2, 0.25) is 11.9 Å². The highest BCUT2D eigenvalue weighted by atomic mass is 16.1. The third kappa shape index (κ3) is 5.66. The summed E-state index contributed by atoms with van der Waals surface area (Å²) in [6.45, 7) is 1.79. The lowest BCUT2D eigenvalue weighted by Crippen LogP contribution is -2.22. The van der Waals surface area contributed by atoms with Crippen molar-refractivity contribution in [3.8, 4) is 0 Å². The minimum absolute atomic E-state index is 0.0839. The zero-order valence-electron chi connectivity index (χ0n) is 17.2. The predicted molar refractivity (Wildman–Crippen MR) is 124 cm³/mol. The van der Waals surface area contributed by atoms with Crippen LogP contribution in [0.3, 0.4) is 0 Å². The molecule has 0 bridgehead atoms. The van der Waals surface area contributed by atoms with Gasteiger partial charge in [0.25, 0.3) is 5.91 Å². The van der Waals surface area contributed by atoms with Crippen molar-refractivity contribution >= 4 is 34.9 Å². The highest BCUT2D eigenvalue weighted by molar-refractivity contribution is 6.07. The Morgan fingerprint density at radius 2 is 1.55 bits per heavy atom. The molecule has 2 aromatic carbocycles. The van der Waals surface area contributed by atoms with Crippen molar-refractivity contribution in [3.63, 3.8) is 0 Å². The highest BCUT2D eigenvalue weighted by Gasteiger charge is 2.18. The average Bonchev–Trinajstić information content (AvgIpc) is 2.76. The SMILES string of the molecule is C/C(=N/N=C(N)N)c1ccc(NC(=O)c2ccc3c(c2)CCC/C3=N/N=C(N)N)cc1. The topological polar surface area (TPSA) is 183 Å². The highest BCUT2D eigenvalue weighted by Crippen LogP contribution is 2.24. The van der Waals surface area contributed by atoms with Crippen LogP contribution in [-0.4, -0.2) is 29.2 Å². The summed E-state index contributed by atoms with van der Waals surface area (Å²) in [5.74, 6) is -0.392. The molecule has 10 heteroatoms. The fraction of sp³-hybridized carbons (Fsp3) is 0.190. The molecule has 0 saturated carbocycles. The predicted octanol–water partition coefficient (Wildman–Crippen LogP) is 1.25. The van der Waals surface area contributed by atoms with Crippen molar-refractivity contribution in [2.45, 2.75) is 26.2 Å². The average molecular weight is 419 g/mol. The summed E-state index contributed by atoms with van der Waals surface area (Å²) in [4.78, 5) is 12.7. The molecule has 0 spiro atoms. The fourth-order valence-corrected chi connectivity index (χ4v) is 3.21. The molecule has 0 heterocycles. The summed E-state index contributed by atoms with van der Waals surface area (Å²) < 4.78 is 0. The molecule has 0 aliphatic heterocycles. The van der Waals surface area contributed by atoms with Crippen LogP contribution in [-0.2, 0) is 6.42 Å². The molecule has 2 aromatic rings. The van der Waals surface area contributed by atoms with Crippen molar-refractivity contribution in [1.82, 2.24) is 0 Å². The maximum absolute atomic E-state index is 12.7. The summed E-state index contributed by atoms with van der Waals surface area (Å²) in [5.41, 5.74) is 26.8. The molecular weight excluding hydrogens is 394 g/mol. The van der Waals surface area contributed by atoms with E-state index in [4.69, 9.17) is 22.9 Å². The van der Waals surface area contributed by atoms with Crippen molar-refractivity contribution < 1.29 is 4.79 Å². The summed E-state index contributed by atoms with van der Waals surface area (Å²) in [5, 5.41) is 18.4. The molecule has 0 fully saturated rings. The van der Waals surface area contributed by atoms with E-state index in [2.05, 4.69) is 25.7 Å². The first-order chi connectivity index (χ1) is 14.8. The lowest BCUT2D eigenvalue weighted by molar-refractivity contribution is 0.102. The van der Waals surface area contributed by atoms with Gasteiger partial charge in [0.05, 0.1) is 11.4 Å². The van der Waals surface area contributed by atoms with Crippen LogP contribution in [0.1, 0.15) is 46.8 Å². The van der Waals surface area contributed by atoms with Gasteiger partial charge in [-0.1, -0.05) is 18.2 Å². The summed E-state index contributed by atoms with van der Waals surface area (Å²) >= 11 is 0. The molecule has 10 nitrogen and oxygen atoms in total. The molecule has 1 aliphatic carbocycles. The Balaban J connectivity index is 1.74. The second-order valence-electron chi connectivity index (χ2n) is 7.04. The van der Waals surface area contributed by atoms with Crippen LogP contribution in [0.25, 0.3) is 0 Å². The van der Waals surface area contributed by atoms with Gasteiger partial charge in [-0.25, -0.2) is 0 Å². The molecule has 3 rings (SSSR count). The van der Waals surface area contributed by atoms with Gasteiger partial charge in [-0.15, -0.1) is 10.2 Å². The smallest absolute Gasteiger partial charge is 0.255 e. The molecule has 31 heavy (non-hydrogen) atoms. The summed E-state index contributed by atoms with van der Waals surface area (Å²) in [7, 11) is 0. The molecule has 9 N–H and O–H groups in total. The second kappa shape index (κ2) is 9.53. The van der Waals surface area contributed by atoms with E-state index in [1.165, 1.54) is 0 Å². The number of hydrogen-bond acceptors (Lipinski definition) is 5. The van der Waals surface area contributed by atoms with Gasteiger partial charge in [0, 0.05) is 16.8 Å². The van der Waals surface area contributed by atoms with E-state index in [1.807, 2.05) is 24.3 Å². The molecule has 0 aromatic heterocycles. The van der Waals surface area contributed by atoms with E-state index in [0.717, 1.165) is 41.7 Å². The number of anilines is 1. The molecule has 1 aliphatic rings. The van der Waals surface area contributed by atoms with Crippen molar-refractivity contribution in [2.75, 3.05) is 5.32 Å². The number of fused-ring (bicyclic) bond motifs is 1. The minimum atomic E-state index is -0.199. The Bertz CT molecular complexity index is 1090. The maximum atomic E-state index is 12.7. The van der Waals surface area contributed by atoms with Crippen LogP contribution in [0.2, 0.25) is 0 Å². The van der Waals surface area contributed by atoms with E-state index in [9.17, 15) is 4.79 Å². The zero-order valence-corrected chi connectivity index (χ0v) is 17.2.